The maximum atomic E-state index is 13.3. The minimum Gasteiger partial charge on any atom is -0.348 e. The first-order chi connectivity index (χ1) is 11.7. The molecule has 24 heavy (non-hydrogen) atoms. The van der Waals surface area contributed by atoms with Gasteiger partial charge in [-0.15, -0.1) is 22.7 Å². The van der Waals surface area contributed by atoms with Crippen LogP contribution in [-0.2, 0) is 0 Å². The molecule has 1 aliphatic heterocycles. The van der Waals surface area contributed by atoms with Crippen LogP contribution in [0.1, 0.15) is 22.5 Å². The lowest BCUT2D eigenvalue weighted by Crippen LogP contribution is -2.44. The van der Waals surface area contributed by atoms with E-state index in [4.69, 9.17) is 0 Å². The van der Waals surface area contributed by atoms with E-state index in [0.717, 1.165) is 41.1 Å². The maximum absolute atomic E-state index is 13.3. The van der Waals surface area contributed by atoms with Crippen LogP contribution >= 0.6 is 22.7 Å². The number of rotatable bonds is 3. The number of benzene rings is 1. The lowest BCUT2D eigenvalue weighted by atomic mass is 10.1. The van der Waals surface area contributed by atoms with Gasteiger partial charge in [0.2, 0.25) is 0 Å². The number of nitrogens with zero attached hydrogens (tertiary/aromatic N) is 2. The Hall–Kier alpha value is -1.99. The molecule has 1 aliphatic rings. The fourth-order valence-electron chi connectivity index (χ4n) is 2.97. The summed E-state index contributed by atoms with van der Waals surface area (Å²) in [5, 5.41) is 6.92. The molecule has 1 saturated heterocycles. The topological polar surface area (TPSA) is 45.2 Å². The number of nitrogens with one attached hydrogen (secondary N) is 1. The van der Waals surface area contributed by atoms with E-state index >= 15 is 0 Å². The maximum Gasteiger partial charge on any atom is 0.261 e. The summed E-state index contributed by atoms with van der Waals surface area (Å²) in [7, 11) is 0. The molecule has 124 valence electrons. The molecule has 7 heteroatoms. The highest BCUT2D eigenvalue weighted by Crippen LogP contribution is 2.27. The van der Waals surface area contributed by atoms with Crippen molar-refractivity contribution >= 4 is 43.8 Å². The molecule has 0 radical (unpaired) electrons. The third-order valence-electron chi connectivity index (χ3n) is 4.22. The molecule has 2 aromatic heterocycles. The van der Waals surface area contributed by atoms with Gasteiger partial charge >= 0.3 is 0 Å². The third-order valence-corrected chi connectivity index (χ3v) is 6.17. The second-order valence-electron chi connectivity index (χ2n) is 5.84. The number of aromatic nitrogens is 1. The highest BCUT2D eigenvalue weighted by Gasteiger charge is 2.23. The summed E-state index contributed by atoms with van der Waals surface area (Å²) in [6, 6.07) is 6.56. The summed E-state index contributed by atoms with van der Waals surface area (Å²) < 4.78 is 14.2. The second kappa shape index (κ2) is 6.49. The zero-order valence-corrected chi connectivity index (χ0v) is 14.5. The number of thiophene rings is 1. The lowest BCUT2D eigenvalue weighted by Gasteiger charge is -2.32. The van der Waals surface area contributed by atoms with Crippen LogP contribution in [0.3, 0.4) is 0 Å². The van der Waals surface area contributed by atoms with E-state index in [1.807, 2.05) is 11.6 Å². The Morgan fingerprint density at radius 1 is 1.29 bits per heavy atom. The summed E-state index contributed by atoms with van der Waals surface area (Å²) in [6.45, 7) is 1.80. The van der Waals surface area contributed by atoms with Crippen molar-refractivity contribution in [2.45, 2.75) is 18.9 Å². The number of piperidine rings is 1. The molecule has 4 rings (SSSR count). The zero-order valence-electron chi connectivity index (χ0n) is 12.9. The van der Waals surface area contributed by atoms with Crippen LogP contribution in [-0.4, -0.2) is 30.0 Å². The van der Waals surface area contributed by atoms with Gasteiger partial charge in [0.1, 0.15) is 5.82 Å². The monoisotopic (exact) mass is 361 g/mol. The molecule has 0 spiro atoms. The second-order valence-corrected chi connectivity index (χ2v) is 7.80. The molecular formula is C17H16FN3OS2. The van der Waals surface area contributed by atoms with Gasteiger partial charge in [-0.05, 0) is 42.5 Å². The van der Waals surface area contributed by atoms with E-state index in [2.05, 4.69) is 15.2 Å². The van der Waals surface area contributed by atoms with Crippen molar-refractivity contribution in [3.8, 4) is 0 Å². The van der Waals surface area contributed by atoms with Crippen LogP contribution in [0.2, 0.25) is 0 Å². The van der Waals surface area contributed by atoms with Crippen molar-refractivity contribution in [2.75, 3.05) is 18.0 Å². The number of carbonyl (C=O) groups is 1. The molecule has 1 N–H and O–H groups in total. The minimum atomic E-state index is -0.276. The first-order valence-corrected chi connectivity index (χ1v) is 9.53. The van der Waals surface area contributed by atoms with Crippen LogP contribution in [0.4, 0.5) is 9.52 Å². The Morgan fingerprint density at radius 2 is 2.12 bits per heavy atom. The van der Waals surface area contributed by atoms with Gasteiger partial charge in [0, 0.05) is 35.4 Å². The Labute approximate surface area is 146 Å². The summed E-state index contributed by atoms with van der Waals surface area (Å²) in [4.78, 5) is 19.7. The normalized spacial score (nSPS) is 15.8. The van der Waals surface area contributed by atoms with Crippen molar-refractivity contribution in [1.29, 1.82) is 0 Å². The fourth-order valence-corrected chi connectivity index (χ4v) is 4.61. The Balaban J connectivity index is 1.39. The Morgan fingerprint density at radius 3 is 2.88 bits per heavy atom. The lowest BCUT2D eigenvalue weighted by molar-refractivity contribution is 0.0935. The fraction of sp³-hybridized carbons (Fsp3) is 0.294. The Bertz CT molecular complexity index is 854. The van der Waals surface area contributed by atoms with Crippen molar-refractivity contribution in [3.63, 3.8) is 0 Å². The predicted octanol–water partition coefficient (Wildman–Crippen LogP) is 3.90. The molecule has 4 nitrogen and oxygen atoms in total. The molecular weight excluding hydrogens is 345 g/mol. The largest absolute Gasteiger partial charge is 0.348 e. The summed E-state index contributed by atoms with van der Waals surface area (Å²) in [5.74, 6) is -0.342. The van der Waals surface area contributed by atoms with Crippen LogP contribution in [0, 0.1) is 5.82 Å². The first kappa shape index (κ1) is 15.5. The molecule has 1 amide bonds. The highest BCUT2D eigenvalue weighted by atomic mass is 32.1. The molecule has 0 saturated carbocycles. The number of fused-ring (bicyclic) bond motifs is 1. The highest BCUT2D eigenvalue weighted by molar-refractivity contribution is 7.20. The predicted molar refractivity (Wildman–Crippen MR) is 96.6 cm³/mol. The number of hydrogen-bond acceptors (Lipinski definition) is 5. The average molecular weight is 361 g/mol. The van der Waals surface area contributed by atoms with Gasteiger partial charge in [-0.25, -0.2) is 9.37 Å². The molecule has 3 heterocycles. The first-order valence-electron chi connectivity index (χ1n) is 7.83. The van der Waals surface area contributed by atoms with Crippen molar-refractivity contribution in [3.05, 3.63) is 46.5 Å². The number of hydrogen-bond donors (Lipinski definition) is 1. The molecule has 0 unspecified atom stereocenters. The zero-order chi connectivity index (χ0) is 16.5. The van der Waals surface area contributed by atoms with Crippen molar-refractivity contribution in [2.24, 2.45) is 0 Å². The molecule has 0 aliphatic carbocycles. The van der Waals surface area contributed by atoms with Gasteiger partial charge in [-0.3, -0.25) is 4.79 Å². The summed E-state index contributed by atoms with van der Waals surface area (Å²) in [5.41, 5.74) is 0. The van der Waals surface area contributed by atoms with Gasteiger partial charge in [0.05, 0.1) is 4.88 Å². The summed E-state index contributed by atoms with van der Waals surface area (Å²) in [6.07, 6.45) is 3.63. The minimum absolute atomic E-state index is 0.0655. The molecule has 1 aromatic carbocycles. The average Bonchev–Trinajstić information content (AvgIpc) is 3.24. The van der Waals surface area contributed by atoms with Crippen LogP contribution in [0.5, 0.6) is 0 Å². The molecule has 0 atom stereocenters. The standard InChI is InChI=1S/C17H16FN3OS2/c18-12-1-2-14-11(9-12)10-15(24-14)16(22)20-13-3-6-21(7-4-13)17-19-5-8-23-17/h1-2,5,8-10,13H,3-4,6-7H2,(H,20,22). The van der Waals surface area contributed by atoms with Crippen molar-refractivity contribution < 1.29 is 9.18 Å². The van der Waals surface area contributed by atoms with E-state index in [1.54, 1.807) is 23.5 Å². The molecule has 0 bridgehead atoms. The Kier molecular flexibility index (Phi) is 4.20. The van der Waals surface area contributed by atoms with E-state index < -0.39 is 0 Å². The molecule has 3 aromatic rings. The third kappa shape index (κ3) is 3.14. The van der Waals surface area contributed by atoms with Crippen LogP contribution < -0.4 is 10.2 Å². The van der Waals surface area contributed by atoms with E-state index in [1.165, 1.54) is 23.5 Å². The molecule has 1 fully saturated rings. The summed E-state index contributed by atoms with van der Waals surface area (Å²) >= 11 is 3.05. The smallest absolute Gasteiger partial charge is 0.261 e. The number of carbonyl (C=O) groups excluding carboxylic acids is 1. The number of halogens is 1. The quantitative estimate of drug-likeness (QED) is 0.770. The van der Waals surface area contributed by atoms with E-state index in [0.29, 0.717) is 4.88 Å². The van der Waals surface area contributed by atoms with Crippen LogP contribution in [0.15, 0.2) is 35.8 Å². The van der Waals surface area contributed by atoms with Gasteiger partial charge in [0.25, 0.3) is 5.91 Å². The van der Waals surface area contributed by atoms with Gasteiger partial charge in [0.15, 0.2) is 5.13 Å². The van der Waals surface area contributed by atoms with Crippen molar-refractivity contribution in [1.82, 2.24) is 10.3 Å². The van der Waals surface area contributed by atoms with E-state index in [-0.39, 0.29) is 17.8 Å². The number of amides is 1. The number of thiazole rings is 1. The SMILES string of the molecule is O=C(NC1CCN(c2nccs2)CC1)c1cc2cc(F)ccc2s1. The van der Waals surface area contributed by atoms with Crippen LogP contribution in [0.25, 0.3) is 10.1 Å². The number of anilines is 1. The van der Waals surface area contributed by atoms with Gasteiger partial charge in [-0.2, -0.15) is 0 Å². The van der Waals surface area contributed by atoms with Gasteiger partial charge in [-0.1, -0.05) is 0 Å². The van der Waals surface area contributed by atoms with Gasteiger partial charge < -0.3 is 10.2 Å². The van der Waals surface area contributed by atoms with E-state index in [9.17, 15) is 9.18 Å².